The van der Waals surface area contributed by atoms with E-state index in [1.165, 1.54) is 32.1 Å². The minimum atomic E-state index is -0.505. The van der Waals surface area contributed by atoms with Crippen LogP contribution in [0.4, 0.5) is 0 Å². The fourth-order valence-corrected chi connectivity index (χ4v) is 3.50. The Balaban J connectivity index is 1.79. The Bertz CT molecular complexity index is 243. The molecule has 0 aromatic heterocycles. The Labute approximate surface area is 112 Å². The molecule has 0 unspecified atom stereocenters. The van der Waals surface area contributed by atoms with Crippen LogP contribution in [0.25, 0.3) is 0 Å². The van der Waals surface area contributed by atoms with Crippen LogP contribution in [0.15, 0.2) is 0 Å². The van der Waals surface area contributed by atoms with Gasteiger partial charge in [0.25, 0.3) is 0 Å². The zero-order chi connectivity index (χ0) is 13.0. The summed E-state index contributed by atoms with van der Waals surface area (Å²) in [5, 5.41) is 10.5. The number of aliphatic hydroxyl groups is 1. The summed E-state index contributed by atoms with van der Waals surface area (Å²) in [6.07, 6.45) is 8.27. The molecule has 3 nitrogen and oxygen atoms in total. The van der Waals surface area contributed by atoms with Crippen molar-refractivity contribution < 1.29 is 9.84 Å². The van der Waals surface area contributed by atoms with E-state index in [-0.39, 0.29) is 0 Å². The van der Waals surface area contributed by atoms with Gasteiger partial charge in [-0.05, 0) is 38.6 Å². The molecular formula is C15H29NO2. The quantitative estimate of drug-likeness (QED) is 0.837. The van der Waals surface area contributed by atoms with Gasteiger partial charge in [-0.25, -0.2) is 0 Å². The van der Waals surface area contributed by atoms with Gasteiger partial charge in [-0.15, -0.1) is 0 Å². The van der Waals surface area contributed by atoms with E-state index in [2.05, 4.69) is 18.9 Å². The van der Waals surface area contributed by atoms with Gasteiger partial charge < -0.3 is 14.7 Å². The maximum Gasteiger partial charge on any atom is 0.0817 e. The molecule has 1 saturated carbocycles. The third-order valence-corrected chi connectivity index (χ3v) is 4.98. The van der Waals surface area contributed by atoms with Gasteiger partial charge >= 0.3 is 0 Å². The number of nitrogens with zero attached hydrogens (tertiary/aromatic N) is 1. The van der Waals surface area contributed by atoms with Gasteiger partial charge in [0, 0.05) is 38.6 Å². The lowest BCUT2D eigenvalue weighted by Crippen LogP contribution is -2.49. The second-order valence-corrected chi connectivity index (χ2v) is 6.33. The molecule has 0 spiro atoms. The van der Waals surface area contributed by atoms with E-state index in [9.17, 15) is 5.11 Å². The molecule has 2 rings (SSSR count). The topological polar surface area (TPSA) is 32.7 Å². The smallest absolute Gasteiger partial charge is 0.0817 e. The van der Waals surface area contributed by atoms with E-state index in [0.29, 0.717) is 19.3 Å². The van der Waals surface area contributed by atoms with Crippen LogP contribution in [0, 0.1) is 5.92 Å². The standard InChI is InChI=1S/C15H29NO2/c1-3-13-4-6-14(7-5-13)16(2)12-15(17)8-10-18-11-9-15/h13-14,17H,3-12H2,1-2H3. The highest BCUT2D eigenvalue weighted by atomic mass is 16.5. The first-order valence-corrected chi connectivity index (χ1v) is 7.63. The van der Waals surface area contributed by atoms with Crippen LogP contribution in [-0.2, 0) is 4.74 Å². The van der Waals surface area contributed by atoms with Crippen molar-refractivity contribution in [1.82, 2.24) is 4.90 Å². The summed E-state index contributed by atoms with van der Waals surface area (Å²) in [5.74, 6) is 0.945. The van der Waals surface area contributed by atoms with Crippen LogP contribution in [0.2, 0.25) is 0 Å². The van der Waals surface area contributed by atoms with Crippen molar-refractivity contribution >= 4 is 0 Å². The van der Waals surface area contributed by atoms with E-state index in [1.54, 1.807) is 0 Å². The maximum absolute atomic E-state index is 10.5. The van der Waals surface area contributed by atoms with Crippen molar-refractivity contribution in [3.8, 4) is 0 Å². The monoisotopic (exact) mass is 255 g/mol. The van der Waals surface area contributed by atoms with Crippen molar-refractivity contribution in [3.05, 3.63) is 0 Å². The van der Waals surface area contributed by atoms with Crippen molar-refractivity contribution in [2.24, 2.45) is 5.92 Å². The molecule has 0 aromatic carbocycles. The van der Waals surface area contributed by atoms with Crippen molar-refractivity contribution in [1.29, 1.82) is 0 Å². The molecule has 0 radical (unpaired) electrons. The summed E-state index contributed by atoms with van der Waals surface area (Å²) in [6, 6.07) is 0.680. The van der Waals surface area contributed by atoms with Crippen LogP contribution >= 0.6 is 0 Å². The predicted octanol–water partition coefficient (Wildman–Crippen LogP) is 2.43. The lowest BCUT2D eigenvalue weighted by atomic mass is 9.83. The Morgan fingerprint density at radius 2 is 1.78 bits per heavy atom. The van der Waals surface area contributed by atoms with Gasteiger partial charge in [0.1, 0.15) is 0 Å². The zero-order valence-electron chi connectivity index (χ0n) is 12.0. The summed E-state index contributed by atoms with van der Waals surface area (Å²) in [4.78, 5) is 2.40. The van der Waals surface area contributed by atoms with Gasteiger partial charge in [0.15, 0.2) is 0 Å². The van der Waals surface area contributed by atoms with Crippen LogP contribution in [0.3, 0.4) is 0 Å². The van der Waals surface area contributed by atoms with E-state index >= 15 is 0 Å². The number of ether oxygens (including phenoxy) is 1. The van der Waals surface area contributed by atoms with Gasteiger partial charge in [0.2, 0.25) is 0 Å². The zero-order valence-corrected chi connectivity index (χ0v) is 12.0. The van der Waals surface area contributed by atoms with Crippen molar-refractivity contribution in [2.75, 3.05) is 26.8 Å². The highest BCUT2D eigenvalue weighted by molar-refractivity contribution is 4.87. The molecule has 106 valence electrons. The van der Waals surface area contributed by atoms with E-state index < -0.39 is 5.60 Å². The molecular weight excluding hydrogens is 226 g/mol. The highest BCUT2D eigenvalue weighted by Crippen LogP contribution is 2.30. The van der Waals surface area contributed by atoms with Crippen LogP contribution in [0.1, 0.15) is 51.9 Å². The molecule has 1 aliphatic heterocycles. The molecule has 18 heavy (non-hydrogen) atoms. The molecule has 0 atom stereocenters. The molecule has 1 aliphatic carbocycles. The average molecular weight is 255 g/mol. The number of hydrogen-bond acceptors (Lipinski definition) is 3. The fourth-order valence-electron chi connectivity index (χ4n) is 3.50. The molecule has 2 fully saturated rings. The maximum atomic E-state index is 10.5. The SMILES string of the molecule is CCC1CCC(N(C)CC2(O)CCOCC2)CC1. The minimum absolute atomic E-state index is 0.505. The predicted molar refractivity (Wildman–Crippen MR) is 73.7 cm³/mol. The molecule has 1 N–H and O–H groups in total. The molecule has 0 bridgehead atoms. The molecule has 0 amide bonds. The normalized spacial score (nSPS) is 32.7. The van der Waals surface area contributed by atoms with Crippen LogP contribution in [0.5, 0.6) is 0 Å². The van der Waals surface area contributed by atoms with E-state index in [0.717, 1.165) is 25.3 Å². The van der Waals surface area contributed by atoms with Gasteiger partial charge in [-0.3, -0.25) is 0 Å². The lowest BCUT2D eigenvalue weighted by Gasteiger charge is -2.40. The van der Waals surface area contributed by atoms with Gasteiger partial charge in [0.05, 0.1) is 5.60 Å². The Morgan fingerprint density at radius 3 is 2.33 bits per heavy atom. The van der Waals surface area contributed by atoms with Gasteiger partial charge in [-0.2, -0.15) is 0 Å². The Morgan fingerprint density at radius 1 is 1.17 bits per heavy atom. The Hall–Kier alpha value is -0.120. The first-order valence-electron chi connectivity index (χ1n) is 7.63. The largest absolute Gasteiger partial charge is 0.388 e. The summed E-state index contributed by atoms with van der Waals surface area (Å²) in [5.41, 5.74) is -0.505. The summed E-state index contributed by atoms with van der Waals surface area (Å²) in [6.45, 7) is 4.55. The third-order valence-electron chi connectivity index (χ3n) is 4.98. The summed E-state index contributed by atoms with van der Waals surface area (Å²) >= 11 is 0. The number of likely N-dealkylation sites (N-methyl/N-ethyl adjacent to an activating group) is 1. The number of hydrogen-bond donors (Lipinski definition) is 1. The van der Waals surface area contributed by atoms with Crippen molar-refractivity contribution in [2.45, 2.75) is 63.5 Å². The average Bonchev–Trinajstić information content (AvgIpc) is 2.39. The van der Waals surface area contributed by atoms with E-state index in [4.69, 9.17) is 4.74 Å². The van der Waals surface area contributed by atoms with E-state index in [1.807, 2.05) is 0 Å². The van der Waals surface area contributed by atoms with Gasteiger partial charge in [-0.1, -0.05) is 13.3 Å². The fraction of sp³-hybridized carbons (Fsp3) is 1.00. The molecule has 3 heteroatoms. The van der Waals surface area contributed by atoms with Crippen LogP contribution < -0.4 is 0 Å². The molecule has 0 aromatic rings. The number of rotatable bonds is 4. The first kappa shape index (κ1) is 14.3. The Kier molecular flexibility index (Phi) is 5.05. The molecule has 2 aliphatic rings. The highest BCUT2D eigenvalue weighted by Gasteiger charge is 2.33. The van der Waals surface area contributed by atoms with Crippen molar-refractivity contribution in [3.63, 3.8) is 0 Å². The second kappa shape index (κ2) is 6.36. The molecule has 1 heterocycles. The van der Waals surface area contributed by atoms with Crippen LogP contribution in [-0.4, -0.2) is 48.5 Å². The third kappa shape index (κ3) is 3.69. The lowest BCUT2D eigenvalue weighted by molar-refractivity contribution is -0.0833. The minimum Gasteiger partial charge on any atom is -0.388 e. The summed E-state index contributed by atoms with van der Waals surface area (Å²) in [7, 11) is 2.18. The second-order valence-electron chi connectivity index (χ2n) is 6.33. The summed E-state index contributed by atoms with van der Waals surface area (Å²) < 4.78 is 5.34. The first-order chi connectivity index (χ1) is 8.63. The molecule has 1 saturated heterocycles.